The second kappa shape index (κ2) is 10.9. The lowest BCUT2D eigenvalue weighted by Gasteiger charge is -2.29. The fourth-order valence-electron chi connectivity index (χ4n) is 4.41. The highest BCUT2D eigenvalue weighted by atomic mass is 32.1. The van der Waals surface area contributed by atoms with E-state index in [0.717, 1.165) is 28.3 Å². The minimum absolute atomic E-state index is 0.0235. The molecule has 1 heterocycles. The first-order valence-corrected chi connectivity index (χ1v) is 12.7. The number of fused-ring (bicyclic) bond motifs is 1. The van der Waals surface area contributed by atoms with Crippen LogP contribution in [0, 0.1) is 0 Å². The average molecular weight is 523 g/mol. The van der Waals surface area contributed by atoms with E-state index in [1.54, 1.807) is 25.3 Å². The van der Waals surface area contributed by atoms with Gasteiger partial charge in [0, 0.05) is 0 Å². The average Bonchev–Trinajstić information content (AvgIpc) is 2.94. The van der Waals surface area contributed by atoms with E-state index in [1.807, 2.05) is 48.5 Å². The molecular formula is C31H26N2O4S. The van der Waals surface area contributed by atoms with Crippen LogP contribution in [0.1, 0.15) is 23.6 Å². The number of rotatable bonds is 7. The van der Waals surface area contributed by atoms with Crippen LogP contribution >= 0.6 is 12.2 Å². The normalized spacial score (nSPS) is 14.6. The lowest BCUT2D eigenvalue weighted by atomic mass is 10.1. The molecule has 1 aliphatic rings. The van der Waals surface area contributed by atoms with Gasteiger partial charge in [0.2, 0.25) is 0 Å². The summed E-state index contributed by atoms with van der Waals surface area (Å²) in [5.74, 6) is 0.0153. The van der Waals surface area contributed by atoms with Gasteiger partial charge in [-0.2, -0.15) is 0 Å². The van der Waals surface area contributed by atoms with Gasteiger partial charge in [0.15, 0.2) is 16.6 Å². The first kappa shape index (κ1) is 25.2. The van der Waals surface area contributed by atoms with Crippen LogP contribution in [-0.2, 0) is 22.6 Å². The number of nitrogens with zero attached hydrogens (tertiary/aromatic N) is 1. The molecule has 0 aliphatic carbocycles. The fraction of sp³-hybridized carbons (Fsp3) is 0.129. The molecule has 6 nitrogen and oxygen atoms in total. The summed E-state index contributed by atoms with van der Waals surface area (Å²) in [4.78, 5) is 27.4. The molecule has 7 heteroatoms. The Labute approximate surface area is 226 Å². The van der Waals surface area contributed by atoms with Gasteiger partial charge in [0.25, 0.3) is 11.8 Å². The van der Waals surface area contributed by atoms with E-state index in [-0.39, 0.29) is 10.7 Å². The van der Waals surface area contributed by atoms with Crippen LogP contribution in [0.25, 0.3) is 16.8 Å². The van der Waals surface area contributed by atoms with Gasteiger partial charge < -0.3 is 9.47 Å². The maximum Gasteiger partial charge on any atom is 0.270 e. The van der Waals surface area contributed by atoms with Gasteiger partial charge in [-0.05, 0) is 76.4 Å². The molecular weight excluding hydrogens is 496 g/mol. The number of carbonyl (C=O) groups excluding carboxylic acids is 2. The van der Waals surface area contributed by atoms with Crippen LogP contribution in [0.15, 0.2) is 90.5 Å². The Balaban J connectivity index is 1.39. The summed E-state index contributed by atoms with van der Waals surface area (Å²) in [6.07, 6.45) is 2.41. The molecule has 4 aromatic carbocycles. The molecule has 0 bridgehead atoms. The van der Waals surface area contributed by atoms with E-state index in [2.05, 4.69) is 30.4 Å². The number of aryl methyl sites for hydroxylation is 1. The van der Waals surface area contributed by atoms with Crippen molar-refractivity contribution in [3.05, 3.63) is 107 Å². The Kier molecular flexibility index (Phi) is 7.20. The number of benzene rings is 4. The molecule has 0 aromatic heterocycles. The van der Waals surface area contributed by atoms with E-state index in [9.17, 15) is 9.59 Å². The van der Waals surface area contributed by atoms with Crippen molar-refractivity contribution in [2.75, 3.05) is 12.0 Å². The fourth-order valence-corrected chi connectivity index (χ4v) is 4.69. The van der Waals surface area contributed by atoms with E-state index in [0.29, 0.717) is 29.4 Å². The summed E-state index contributed by atoms with van der Waals surface area (Å²) in [6, 6.07) is 27.1. The van der Waals surface area contributed by atoms with Crippen molar-refractivity contribution in [1.29, 1.82) is 0 Å². The summed E-state index contributed by atoms with van der Waals surface area (Å²) in [5, 5.41) is 4.95. The van der Waals surface area contributed by atoms with Crippen LogP contribution < -0.4 is 19.7 Å². The maximum atomic E-state index is 13.3. The number of ether oxygens (including phenoxy) is 2. The Morgan fingerprint density at radius 2 is 1.68 bits per heavy atom. The minimum atomic E-state index is -0.545. The summed E-state index contributed by atoms with van der Waals surface area (Å²) < 4.78 is 11.7. The number of anilines is 1. The van der Waals surface area contributed by atoms with Gasteiger partial charge in [-0.1, -0.05) is 67.6 Å². The standard InChI is InChI=1S/C31H26N2O4S/c1-3-20-11-14-24(15-12-20)33-30(35)26(29(34)32-31(33)38)17-21-13-16-27(28(18-21)36-2)37-19-23-9-6-8-22-7-4-5-10-25(22)23/h4-18H,3,19H2,1-2H3,(H,32,34,38)/b26-17+. The maximum absolute atomic E-state index is 13.3. The quantitative estimate of drug-likeness (QED) is 0.188. The van der Waals surface area contributed by atoms with E-state index in [4.69, 9.17) is 21.7 Å². The number of carbonyl (C=O) groups is 2. The molecule has 0 atom stereocenters. The number of thiocarbonyl (C=S) groups is 1. The molecule has 5 rings (SSSR count). The molecule has 0 unspecified atom stereocenters. The molecule has 2 amide bonds. The molecule has 4 aromatic rings. The molecule has 1 aliphatic heterocycles. The third kappa shape index (κ3) is 5.01. The Morgan fingerprint density at radius 1 is 0.921 bits per heavy atom. The van der Waals surface area contributed by atoms with Crippen molar-refractivity contribution in [3.8, 4) is 11.5 Å². The van der Waals surface area contributed by atoms with Crippen LogP contribution in [0.3, 0.4) is 0 Å². The second-order valence-electron chi connectivity index (χ2n) is 8.82. The van der Waals surface area contributed by atoms with Crippen LogP contribution in [0.5, 0.6) is 11.5 Å². The Hall–Kier alpha value is -4.49. The predicted molar refractivity (Wildman–Crippen MR) is 153 cm³/mol. The smallest absolute Gasteiger partial charge is 0.270 e. The topological polar surface area (TPSA) is 67.9 Å². The zero-order chi connectivity index (χ0) is 26.6. The van der Waals surface area contributed by atoms with Crippen molar-refractivity contribution in [1.82, 2.24) is 5.32 Å². The molecule has 38 heavy (non-hydrogen) atoms. The minimum Gasteiger partial charge on any atom is -0.493 e. The molecule has 1 fully saturated rings. The highest BCUT2D eigenvalue weighted by Crippen LogP contribution is 2.31. The largest absolute Gasteiger partial charge is 0.493 e. The Morgan fingerprint density at radius 3 is 2.45 bits per heavy atom. The van der Waals surface area contributed by atoms with Gasteiger partial charge in [0.05, 0.1) is 12.8 Å². The number of hydrogen-bond donors (Lipinski definition) is 1. The van der Waals surface area contributed by atoms with Gasteiger partial charge in [-0.15, -0.1) is 0 Å². The van der Waals surface area contributed by atoms with Crippen molar-refractivity contribution in [2.24, 2.45) is 0 Å². The SMILES string of the molecule is CCc1ccc(N2C(=O)/C(=C/c3ccc(OCc4cccc5ccccc45)c(OC)c3)C(=O)NC2=S)cc1. The van der Waals surface area contributed by atoms with E-state index >= 15 is 0 Å². The third-order valence-electron chi connectivity index (χ3n) is 6.47. The zero-order valence-electron chi connectivity index (χ0n) is 21.1. The lowest BCUT2D eigenvalue weighted by Crippen LogP contribution is -2.54. The first-order chi connectivity index (χ1) is 18.5. The van der Waals surface area contributed by atoms with Crippen molar-refractivity contribution in [2.45, 2.75) is 20.0 Å². The highest BCUT2D eigenvalue weighted by molar-refractivity contribution is 7.80. The number of nitrogens with one attached hydrogen (secondary N) is 1. The van der Waals surface area contributed by atoms with Crippen LogP contribution in [-0.4, -0.2) is 24.0 Å². The first-order valence-electron chi connectivity index (χ1n) is 12.3. The highest BCUT2D eigenvalue weighted by Gasteiger charge is 2.34. The summed E-state index contributed by atoms with van der Waals surface area (Å²) in [6.45, 7) is 2.42. The molecule has 0 radical (unpaired) electrons. The monoisotopic (exact) mass is 522 g/mol. The second-order valence-corrected chi connectivity index (χ2v) is 9.20. The number of methoxy groups -OCH3 is 1. The summed E-state index contributed by atoms with van der Waals surface area (Å²) in [5.41, 5.74) is 3.39. The summed E-state index contributed by atoms with van der Waals surface area (Å²) >= 11 is 5.31. The molecule has 1 saturated heterocycles. The molecule has 190 valence electrons. The molecule has 0 saturated carbocycles. The lowest BCUT2D eigenvalue weighted by molar-refractivity contribution is -0.122. The van der Waals surface area contributed by atoms with Gasteiger partial charge in [0.1, 0.15) is 12.2 Å². The summed E-state index contributed by atoms with van der Waals surface area (Å²) in [7, 11) is 1.55. The van der Waals surface area contributed by atoms with Crippen LogP contribution in [0.4, 0.5) is 5.69 Å². The van der Waals surface area contributed by atoms with E-state index in [1.165, 1.54) is 11.0 Å². The number of hydrogen-bond acceptors (Lipinski definition) is 5. The van der Waals surface area contributed by atoms with Gasteiger partial charge in [-0.25, -0.2) is 0 Å². The van der Waals surface area contributed by atoms with E-state index < -0.39 is 11.8 Å². The van der Waals surface area contributed by atoms with Gasteiger partial charge in [-0.3, -0.25) is 19.8 Å². The third-order valence-corrected chi connectivity index (χ3v) is 6.75. The Bertz CT molecular complexity index is 1570. The van der Waals surface area contributed by atoms with Gasteiger partial charge >= 0.3 is 0 Å². The van der Waals surface area contributed by atoms with Crippen molar-refractivity contribution < 1.29 is 19.1 Å². The molecule has 0 spiro atoms. The van der Waals surface area contributed by atoms with Crippen molar-refractivity contribution in [3.63, 3.8) is 0 Å². The molecule has 1 N–H and O–H groups in total. The zero-order valence-corrected chi connectivity index (χ0v) is 21.9. The van der Waals surface area contributed by atoms with Crippen LogP contribution in [0.2, 0.25) is 0 Å². The predicted octanol–water partition coefficient (Wildman–Crippen LogP) is 5.82. The number of amides is 2. The van der Waals surface area contributed by atoms with Crippen molar-refractivity contribution >= 4 is 51.7 Å².